The molecule has 0 bridgehead atoms. The minimum Gasteiger partial charge on any atom is -0.494 e. The van der Waals surface area contributed by atoms with E-state index in [2.05, 4.69) is 17.7 Å². The largest absolute Gasteiger partial charge is 0.494 e. The van der Waals surface area contributed by atoms with Crippen LogP contribution in [-0.2, 0) is 20.2 Å². The summed E-state index contributed by atoms with van der Waals surface area (Å²) in [4.78, 5) is 11.8. The number of ether oxygens (including phenoxy) is 2. The van der Waals surface area contributed by atoms with Crippen LogP contribution in [0.1, 0.15) is 50.3 Å². The van der Waals surface area contributed by atoms with Gasteiger partial charge in [-0.05, 0) is 41.8 Å². The fraction of sp³-hybridized carbons (Fsp3) is 0.417. The molecule has 0 saturated heterocycles. The van der Waals surface area contributed by atoms with Gasteiger partial charge in [0, 0.05) is 5.41 Å². The Labute approximate surface area is 190 Å². The minimum atomic E-state index is -3.42. The van der Waals surface area contributed by atoms with Crippen LogP contribution in [0, 0.1) is 11.3 Å². The summed E-state index contributed by atoms with van der Waals surface area (Å²) in [5, 5.41) is 9.68. The molecule has 2 rings (SSSR count). The number of nitriles is 1. The Morgan fingerprint density at radius 1 is 1.09 bits per heavy atom. The molecule has 172 valence electrons. The first-order valence-corrected chi connectivity index (χ1v) is 12.3. The van der Waals surface area contributed by atoms with E-state index >= 15 is 0 Å². The van der Waals surface area contributed by atoms with Crippen molar-refractivity contribution in [2.45, 2.75) is 39.0 Å². The summed E-state index contributed by atoms with van der Waals surface area (Å²) in [6.07, 6.45) is 3.00. The van der Waals surface area contributed by atoms with E-state index in [4.69, 9.17) is 9.47 Å². The zero-order valence-corrected chi connectivity index (χ0v) is 19.8. The van der Waals surface area contributed by atoms with E-state index in [1.807, 2.05) is 38.1 Å². The topological polar surface area (TPSA) is 105 Å². The van der Waals surface area contributed by atoms with Crippen molar-refractivity contribution >= 4 is 15.8 Å². The highest BCUT2D eigenvalue weighted by molar-refractivity contribution is 7.88. The lowest BCUT2D eigenvalue weighted by atomic mass is 9.76. The summed E-state index contributed by atoms with van der Waals surface area (Å²) in [5.41, 5.74) is 1.98. The molecular weight excluding hydrogens is 428 g/mol. The van der Waals surface area contributed by atoms with Gasteiger partial charge in [0.25, 0.3) is 0 Å². The maximum Gasteiger partial charge on any atom is 0.209 e. The van der Waals surface area contributed by atoms with Crippen molar-refractivity contribution in [3.05, 3.63) is 59.2 Å². The van der Waals surface area contributed by atoms with E-state index in [-0.39, 0.29) is 18.9 Å². The van der Waals surface area contributed by atoms with Gasteiger partial charge in [-0.25, -0.2) is 13.1 Å². The number of benzene rings is 2. The summed E-state index contributed by atoms with van der Waals surface area (Å²) in [6, 6.07) is 15.2. The molecule has 32 heavy (non-hydrogen) atoms. The first-order chi connectivity index (χ1) is 15.1. The van der Waals surface area contributed by atoms with Crippen LogP contribution in [0.3, 0.4) is 0 Å². The lowest BCUT2D eigenvalue weighted by molar-refractivity contribution is -0.119. The highest BCUT2D eigenvalue weighted by Gasteiger charge is 2.26. The molecule has 2 aromatic rings. The van der Waals surface area contributed by atoms with Crippen LogP contribution < -0.4 is 14.2 Å². The third kappa shape index (κ3) is 7.36. The van der Waals surface area contributed by atoms with Crippen molar-refractivity contribution in [1.82, 2.24) is 4.72 Å². The highest BCUT2D eigenvalue weighted by atomic mass is 32.2. The number of carbonyl (C=O) groups excluding carboxylic acids is 1. The third-order valence-electron chi connectivity index (χ3n) is 5.06. The number of rotatable bonds is 12. The summed E-state index contributed by atoms with van der Waals surface area (Å²) in [6.45, 7) is 6.26. The Morgan fingerprint density at radius 3 is 2.34 bits per heavy atom. The number of carbonyl (C=O) groups is 1. The van der Waals surface area contributed by atoms with E-state index < -0.39 is 15.4 Å². The molecule has 0 aliphatic carbocycles. The minimum absolute atomic E-state index is 0.233. The summed E-state index contributed by atoms with van der Waals surface area (Å²) in [5.74, 6) is 0.811. The lowest BCUT2D eigenvalue weighted by Crippen LogP contribution is -2.31. The summed E-state index contributed by atoms with van der Waals surface area (Å²) >= 11 is 0. The van der Waals surface area contributed by atoms with E-state index in [9.17, 15) is 18.5 Å². The molecule has 0 atom stereocenters. The molecular formula is C24H30N2O5S. The summed E-state index contributed by atoms with van der Waals surface area (Å²) in [7, 11) is -3.42. The molecule has 8 heteroatoms. The normalized spacial score (nSPS) is 11.6. The Hall–Kier alpha value is -2.89. The fourth-order valence-corrected chi connectivity index (χ4v) is 3.56. The quantitative estimate of drug-likeness (QED) is 0.488. The number of hydrogen-bond acceptors (Lipinski definition) is 6. The Kier molecular flexibility index (Phi) is 8.81. The van der Waals surface area contributed by atoms with Crippen LogP contribution in [0.15, 0.2) is 42.5 Å². The average Bonchev–Trinajstić information content (AvgIpc) is 2.76. The molecule has 0 spiro atoms. The Balaban J connectivity index is 2.09. The molecule has 0 fully saturated rings. The van der Waals surface area contributed by atoms with Crippen LogP contribution in [-0.4, -0.2) is 40.2 Å². The van der Waals surface area contributed by atoms with Crippen LogP contribution >= 0.6 is 0 Å². The fourth-order valence-electron chi connectivity index (χ4n) is 3.13. The third-order valence-corrected chi connectivity index (χ3v) is 5.73. The predicted octanol–water partition coefficient (Wildman–Crippen LogP) is 3.56. The van der Waals surface area contributed by atoms with Crippen molar-refractivity contribution in [2.24, 2.45) is 0 Å². The molecule has 0 saturated carbocycles. The van der Waals surface area contributed by atoms with Gasteiger partial charge in [0.2, 0.25) is 10.0 Å². The van der Waals surface area contributed by atoms with Crippen molar-refractivity contribution < 1.29 is 22.7 Å². The van der Waals surface area contributed by atoms with E-state index in [0.717, 1.165) is 30.2 Å². The number of hydrogen-bond donors (Lipinski definition) is 1. The van der Waals surface area contributed by atoms with Gasteiger partial charge in [0.1, 0.15) is 18.1 Å². The van der Waals surface area contributed by atoms with Gasteiger partial charge >= 0.3 is 0 Å². The zero-order valence-electron chi connectivity index (χ0n) is 19.0. The van der Waals surface area contributed by atoms with Gasteiger partial charge in [0.05, 0.1) is 31.0 Å². The van der Waals surface area contributed by atoms with Gasteiger partial charge in [-0.1, -0.05) is 45.4 Å². The van der Waals surface area contributed by atoms with Crippen LogP contribution in [0.5, 0.6) is 11.5 Å². The monoisotopic (exact) mass is 458 g/mol. The van der Waals surface area contributed by atoms with Crippen molar-refractivity contribution in [2.75, 3.05) is 26.0 Å². The zero-order chi connectivity index (χ0) is 23.8. The average molecular weight is 459 g/mol. The number of nitrogens with zero attached hydrogens (tertiary/aromatic N) is 1. The Morgan fingerprint density at radius 2 is 1.75 bits per heavy atom. The molecule has 0 heterocycles. The number of nitrogens with one attached hydrogen (secondary N) is 1. The van der Waals surface area contributed by atoms with Crippen molar-refractivity contribution in [3.63, 3.8) is 0 Å². The van der Waals surface area contributed by atoms with E-state index in [1.165, 1.54) is 0 Å². The Bertz CT molecular complexity index is 1070. The first-order valence-electron chi connectivity index (χ1n) is 10.4. The van der Waals surface area contributed by atoms with Gasteiger partial charge in [-0.15, -0.1) is 0 Å². The molecule has 0 unspecified atom stereocenters. The molecule has 0 aromatic heterocycles. The second-order valence-corrected chi connectivity index (χ2v) is 9.92. The first kappa shape index (κ1) is 25.4. The molecule has 7 nitrogen and oxygen atoms in total. The van der Waals surface area contributed by atoms with Gasteiger partial charge in [0.15, 0.2) is 5.78 Å². The second-order valence-electron chi connectivity index (χ2n) is 8.09. The van der Waals surface area contributed by atoms with Crippen LogP contribution in [0.2, 0.25) is 0 Å². The molecule has 0 aliphatic heterocycles. The molecule has 2 aromatic carbocycles. The summed E-state index contributed by atoms with van der Waals surface area (Å²) < 4.78 is 35.4. The second kappa shape index (κ2) is 11.1. The predicted molar refractivity (Wildman–Crippen MR) is 123 cm³/mol. The standard InChI is InChI=1S/C24H30N2O5S/c1-5-6-13-30-22-11-12-23(18(14-22)15-25)24(2,3)19-7-9-21(10-8-19)31-17-20(27)16-26-32(4,28)29/h7-12,14,26H,5-6,13,16-17H2,1-4H3. The molecule has 0 amide bonds. The van der Waals surface area contributed by atoms with Crippen molar-refractivity contribution in [1.29, 1.82) is 5.26 Å². The van der Waals surface area contributed by atoms with Gasteiger partial charge in [-0.3, -0.25) is 4.79 Å². The maximum absolute atomic E-state index is 11.8. The molecule has 0 radical (unpaired) electrons. The van der Waals surface area contributed by atoms with E-state index in [1.54, 1.807) is 18.2 Å². The number of sulfonamides is 1. The number of Topliss-reactive ketones (excluding diaryl/α,β-unsaturated/α-hetero) is 1. The van der Waals surface area contributed by atoms with Crippen LogP contribution in [0.25, 0.3) is 0 Å². The van der Waals surface area contributed by atoms with Gasteiger partial charge < -0.3 is 9.47 Å². The number of ketones is 1. The molecule has 0 aliphatic rings. The van der Waals surface area contributed by atoms with Crippen molar-refractivity contribution in [3.8, 4) is 17.6 Å². The lowest BCUT2D eigenvalue weighted by Gasteiger charge is -2.27. The number of unbranched alkanes of at least 4 members (excludes halogenated alkanes) is 1. The van der Waals surface area contributed by atoms with E-state index in [0.29, 0.717) is 23.7 Å². The smallest absolute Gasteiger partial charge is 0.209 e. The van der Waals surface area contributed by atoms with Crippen LogP contribution in [0.4, 0.5) is 0 Å². The van der Waals surface area contributed by atoms with Gasteiger partial charge in [-0.2, -0.15) is 5.26 Å². The molecule has 1 N–H and O–H groups in total. The maximum atomic E-state index is 11.8. The SMILES string of the molecule is CCCCOc1ccc(C(C)(C)c2ccc(OCC(=O)CNS(C)(=O)=O)cc2)c(C#N)c1. The highest BCUT2D eigenvalue weighted by Crippen LogP contribution is 2.35.